The largest absolute Gasteiger partial charge is 0.362 e. The molecule has 0 amide bonds. The molecule has 1 aliphatic heterocycles. The van der Waals surface area contributed by atoms with Crippen LogP contribution in [-0.4, -0.2) is 36.2 Å². The summed E-state index contributed by atoms with van der Waals surface area (Å²) in [7, 11) is 0. The first kappa shape index (κ1) is 16.5. The molecule has 0 spiro atoms. The van der Waals surface area contributed by atoms with E-state index in [1.807, 2.05) is 24.3 Å². The quantitative estimate of drug-likeness (QED) is 0.637. The molecule has 3 nitrogen and oxygen atoms in total. The Bertz CT molecular complexity index is 467. The van der Waals surface area contributed by atoms with E-state index in [9.17, 15) is 0 Å². The van der Waals surface area contributed by atoms with Gasteiger partial charge in [-0.25, -0.2) is 0 Å². The fraction of sp³-hybridized carbons (Fsp3) is 0.562. The number of rotatable bonds is 5. The Morgan fingerprint density at radius 3 is 3.10 bits per heavy atom. The summed E-state index contributed by atoms with van der Waals surface area (Å²) in [5, 5.41) is 7.77. The summed E-state index contributed by atoms with van der Waals surface area (Å²) in [4.78, 5) is 2.56. The van der Waals surface area contributed by atoms with Crippen LogP contribution in [0.15, 0.2) is 24.3 Å². The van der Waals surface area contributed by atoms with Gasteiger partial charge in [0.05, 0.1) is 0 Å². The Balaban J connectivity index is 1.61. The number of thiocarbonyl (C=S) groups is 1. The van der Waals surface area contributed by atoms with Crippen molar-refractivity contribution in [3.63, 3.8) is 0 Å². The lowest BCUT2D eigenvalue weighted by Crippen LogP contribution is -2.37. The van der Waals surface area contributed by atoms with E-state index in [4.69, 9.17) is 23.8 Å². The van der Waals surface area contributed by atoms with Crippen molar-refractivity contribution in [3.05, 3.63) is 29.3 Å². The second-order valence-electron chi connectivity index (χ2n) is 5.79. The summed E-state index contributed by atoms with van der Waals surface area (Å²) in [5.74, 6) is 0.845. The zero-order chi connectivity index (χ0) is 15.1. The molecule has 1 aromatic rings. The first-order chi connectivity index (χ1) is 10.1. The highest BCUT2D eigenvalue weighted by atomic mass is 35.5. The van der Waals surface area contributed by atoms with Crippen LogP contribution in [0.3, 0.4) is 0 Å². The van der Waals surface area contributed by atoms with Crippen molar-refractivity contribution in [2.24, 2.45) is 5.92 Å². The normalized spacial score (nSPS) is 19.2. The highest BCUT2D eigenvalue weighted by Crippen LogP contribution is 2.15. The Kier molecular flexibility index (Phi) is 6.74. The lowest BCUT2D eigenvalue weighted by Gasteiger charge is -2.30. The van der Waals surface area contributed by atoms with Gasteiger partial charge >= 0.3 is 0 Å². The van der Waals surface area contributed by atoms with E-state index in [2.05, 4.69) is 22.5 Å². The summed E-state index contributed by atoms with van der Waals surface area (Å²) in [6.07, 6.45) is 3.83. The number of likely N-dealkylation sites (tertiary alicyclic amines) is 1. The Hall–Kier alpha value is -0.840. The Morgan fingerprint density at radius 1 is 1.48 bits per heavy atom. The van der Waals surface area contributed by atoms with Gasteiger partial charge in [0.2, 0.25) is 0 Å². The molecule has 1 aromatic carbocycles. The molecule has 0 aromatic heterocycles. The van der Waals surface area contributed by atoms with E-state index in [0.717, 1.165) is 31.1 Å². The number of hydrogen-bond acceptors (Lipinski definition) is 2. The van der Waals surface area contributed by atoms with Crippen LogP contribution >= 0.6 is 23.8 Å². The zero-order valence-electron chi connectivity index (χ0n) is 12.6. The van der Waals surface area contributed by atoms with Gasteiger partial charge in [-0.3, -0.25) is 0 Å². The van der Waals surface area contributed by atoms with Gasteiger partial charge in [-0.2, -0.15) is 0 Å². The summed E-state index contributed by atoms with van der Waals surface area (Å²) < 4.78 is 0. The molecule has 2 N–H and O–H groups in total. The maximum Gasteiger partial charge on any atom is 0.170 e. The highest BCUT2D eigenvalue weighted by Gasteiger charge is 2.15. The van der Waals surface area contributed by atoms with Gasteiger partial charge in [0, 0.05) is 23.8 Å². The number of piperidine rings is 1. The molecule has 5 heteroatoms. The Labute approximate surface area is 138 Å². The number of nitrogens with zero attached hydrogens (tertiary/aromatic N) is 1. The van der Waals surface area contributed by atoms with Crippen LogP contribution in [0.2, 0.25) is 5.02 Å². The van der Waals surface area contributed by atoms with Crippen LogP contribution in [0.5, 0.6) is 0 Å². The molecular formula is C16H24ClN3S. The molecule has 0 unspecified atom stereocenters. The average molecular weight is 326 g/mol. The van der Waals surface area contributed by atoms with E-state index < -0.39 is 0 Å². The van der Waals surface area contributed by atoms with Crippen LogP contribution in [0.4, 0.5) is 5.69 Å². The molecule has 0 bridgehead atoms. The molecule has 1 saturated heterocycles. The molecule has 1 fully saturated rings. The van der Waals surface area contributed by atoms with Crippen LogP contribution in [0.1, 0.15) is 26.2 Å². The van der Waals surface area contributed by atoms with Crippen molar-refractivity contribution >= 4 is 34.6 Å². The van der Waals surface area contributed by atoms with Gasteiger partial charge in [0.25, 0.3) is 0 Å². The highest BCUT2D eigenvalue weighted by molar-refractivity contribution is 7.80. The molecule has 0 aliphatic carbocycles. The summed E-state index contributed by atoms with van der Waals surface area (Å²) in [5.41, 5.74) is 0.921. The fourth-order valence-electron chi connectivity index (χ4n) is 2.74. The van der Waals surface area contributed by atoms with Gasteiger partial charge in [0.15, 0.2) is 5.11 Å². The molecule has 1 atom stereocenters. The fourth-order valence-corrected chi connectivity index (χ4v) is 3.15. The predicted molar refractivity (Wildman–Crippen MR) is 95.1 cm³/mol. The summed E-state index contributed by atoms with van der Waals surface area (Å²) >= 11 is 11.2. The number of halogens is 1. The summed E-state index contributed by atoms with van der Waals surface area (Å²) in [6, 6.07) is 7.58. The lowest BCUT2D eigenvalue weighted by atomic mass is 10.0. The zero-order valence-corrected chi connectivity index (χ0v) is 14.1. The second-order valence-corrected chi connectivity index (χ2v) is 6.64. The molecule has 1 aliphatic rings. The first-order valence-corrected chi connectivity index (χ1v) is 8.45. The smallest absolute Gasteiger partial charge is 0.170 e. The van der Waals surface area contributed by atoms with Crippen LogP contribution in [0.25, 0.3) is 0 Å². The van der Waals surface area contributed by atoms with Gasteiger partial charge < -0.3 is 15.5 Å². The number of hydrogen-bond donors (Lipinski definition) is 2. The minimum absolute atomic E-state index is 0.657. The molecule has 0 radical (unpaired) electrons. The van der Waals surface area contributed by atoms with Gasteiger partial charge in [-0.15, -0.1) is 0 Å². The van der Waals surface area contributed by atoms with Crippen LogP contribution in [-0.2, 0) is 0 Å². The maximum atomic E-state index is 5.94. The lowest BCUT2D eigenvalue weighted by molar-refractivity contribution is 0.182. The van der Waals surface area contributed by atoms with Gasteiger partial charge in [-0.05, 0) is 68.7 Å². The molecule has 116 valence electrons. The molecule has 1 heterocycles. The van der Waals surface area contributed by atoms with Crippen LogP contribution in [0, 0.1) is 5.92 Å². The van der Waals surface area contributed by atoms with E-state index in [1.165, 1.54) is 25.9 Å². The molecule has 0 saturated carbocycles. The van der Waals surface area contributed by atoms with Crippen molar-refractivity contribution in [1.82, 2.24) is 10.2 Å². The Morgan fingerprint density at radius 2 is 2.33 bits per heavy atom. The third-order valence-corrected chi connectivity index (χ3v) is 4.24. The van der Waals surface area contributed by atoms with E-state index in [1.54, 1.807) is 0 Å². The SMILES string of the molecule is C[C@H]1CCCN(CCCNC(=S)Nc2cccc(Cl)c2)C1. The standard InChI is InChI=1S/C16H24ClN3S/c1-13-5-3-9-20(12-13)10-4-8-18-16(21)19-15-7-2-6-14(17)11-15/h2,6-7,11,13H,3-5,8-10,12H2,1H3,(H2,18,19,21)/t13-/m0/s1. The second kappa shape index (κ2) is 8.57. The van der Waals surface area contributed by atoms with Crippen molar-refractivity contribution in [2.75, 3.05) is 31.5 Å². The van der Waals surface area contributed by atoms with Gasteiger partial charge in [0.1, 0.15) is 0 Å². The maximum absolute atomic E-state index is 5.94. The van der Waals surface area contributed by atoms with E-state index in [0.29, 0.717) is 10.1 Å². The summed E-state index contributed by atoms with van der Waals surface area (Å²) in [6.45, 7) is 6.88. The van der Waals surface area contributed by atoms with Crippen molar-refractivity contribution in [1.29, 1.82) is 0 Å². The number of anilines is 1. The third kappa shape index (κ3) is 6.20. The molecule has 21 heavy (non-hydrogen) atoms. The van der Waals surface area contributed by atoms with Crippen molar-refractivity contribution in [2.45, 2.75) is 26.2 Å². The number of benzene rings is 1. The van der Waals surface area contributed by atoms with Crippen molar-refractivity contribution < 1.29 is 0 Å². The first-order valence-electron chi connectivity index (χ1n) is 7.66. The van der Waals surface area contributed by atoms with Crippen molar-refractivity contribution in [3.8, 4) is 0 Å². The van der Waals surface area contributed by atoms with E-state index in [-0.39, 0.29) is 0 Å². The molecule has 2 rings (SSSR count). The number of nitrogens with one attached hydrogen (secondary N) is 2. The predicted octanol–water partition coefficient (Wildman–Crippen LogP) is 3.75. The molecular weight excluding hydrogens is 302 g/mol. The minimum atomic E-state index is 0.657. The minimum Gasteiger partial charge on any atom is -0.362 e. The van der Waals surface area contributed by atoms with Gasteiger partial charge in [-0.1, -0.05) is 24.6 Å². The van der Waals surface area contributed by atoms with E-state index >= 15 is 0 Å². The monoisotopic (exact) mass is 325 g/mol. The average Bonchev–Trinajstić information content (AvgIpc) is 2.44. The topological polar surface area (TPSA) is 27.3 Å². The third-order valence-electron chi connectivity index (χ3n) is 3.76. The van der Waals surface area contributed by atoms with Crippen LogP contribution < -0.4 is 10.6 Å².